The first-order valence-electron chi connectivity index (χ1n) is 6.01. The molecular weight excluding hydrogens is 279 g/mol. The van der Waals surface area contributed by atoms with Gasteiger partial charge in [0.25, 0.3) is 0 Å². The molecule has 0 heterocycles. The summed E-state index contributed by atoms with van der Waals surface area (Å²) < 4.78 is 16.3. The lowest BCUT2D eigenvalue weighted by Gasteiger charge is -2.07. The molecule has 0 unspecified atom stereocenters. The second-order valence-electron chi connectivity index (χ2n) is 4.19. The van der Waals surface area contributed by atoms with Gasteiger partial charge in [-0.05, 0) is 35.4 Å². The molecule has 0 saturated carbocycles. The van der Waals surface area contributed by atoms with Crippen LogP contribution < -0.4 is 10.0 Å². The summed E-state index contributed by atoms with van der Waals surface area (Å²) in [5, 5.41) is 8.67. The average Bonchev–Trinajstić information content (AvgIpc) is 2.45. The van der Waals surface area contributed by atoms with Gasteiger partial charge in [0.15, 0.2) is 0 Å². The standard InChI is InChI=1S/C14H15O5P/c15-9-10-19-13-5-1-11(2-6-13)12-3-7-14(8-4-12)20(16,17)18/h1-8,15H,9-10H2,(H2,16,17,18). The highest BCUT2D eigenvalue weighted by Gasteiger charge is 2.16. The third-order valence-corrected chi connectivity index (χ3v) is 3.72. The van der Waals surface area contributed by atoms with Crippen molar-refractivity contribution >= 4 is 12.9 Å². The highest BCUT2D eigenvalue weighted by molar-refractivity contribution is 7.60. The summed E-state index contributed by atoms with van der Waals surface area (Å²) in [5.41, 5.74) is 1.77. The van der Waals surface area contributed by atoms with Crippen LogP contribution >= 0.6 is 7.60 Å². The van der Waals surface area contributed by atoms with Gasteiger partial charge in [-0.1, -0.05) is 24.3 Å². The molecule has 2 aromatic carbocycles. The molecule has 0 aliphatic carbocycles. The fraction of sp³-hybridized carbons (Fsp3) is 0.143. The van der Waals surface area contributed by atoms with Crippen molar-refractivity contribution in [2.75, 3.05) is 13.2 Å². The van der Waals surface area contributed by atoms with E-state index in [1.54, 1.807) is 24.3 Å². The molecule has 0 aliphatic rings. The first-order valence-corrected chi connectivity index (χ1v) is 7.62. The molecule has 0 radical (unpaired) electrons. The first-order chi connectivity index (χ1) is 9.50. The van der Waals surface area contributed by atoms with Crippen molar-refractivity contribution in [2.45, 2.75) is 0 Å². The van der Waals surface area contributed by atoms with E-state index in [4.69, 9.17) is 19.6 Å². The quantitative estimate of drug-likeness (QED) is 0.728. The van der Waals surface area contributed by atoms with Gasteiger partial charge in [0.2, 0.25) is 0 Å². The van der Waals surface area contributed by atoms with Crippen molar-refractivity contribution in [3.63, 3.8) is 0 Å². The molecule has 0 spiro atoms. The van der Waals surface area contributed by atoms with E-state index in [0.29, 0.717) is 5.75 Å². The third-order valence-electron chi connectivity index (χ3n) is 2.75. The van der Waals surface area contributed by atoms with E-state index >= 15 is 0 Å². The zero-order chi connectivity index (χ0) is 14.6. The Morgan fingerprint density at radius 3 is 1.85 bits per heavy atom. The van der Waals surface area contributed by atoms with Crippen LogP contribution in [-0.4, -0.2) is 28.1 Å². The van der Waals surface area contributed by atoms with Crippen LogP contribution in [-0.2, 0) is 4.57 Å². The molecule has 6 heteroatoms. The number of ether oxygens (including phenoxy) is 1. The van der Waals surface area contributed by atoms with Gasteiger partial charge in [-0.25, -0.2) is 0 Å². The lowest BCUT2D eigenvalue weighted by Crippen LogP contribution is -2.02. The summed E-state index contributed by atoms with van der Waals surface area (Å²) >= 11 is 0. The van der Waals surface area contributed by atoms with Crippen LogP contribution in [0.5, 0.6) is 5.75 Å². The molecule has 0 aromatic heterocycles. The topological polar surface area (TPSA) is 87.0 Å². The molecule has 20 heavy (non-hydrogen) atoms. The Morgan fingerprint density at radius 1 is 0.900 bits per heavy atom. The molecule has 0 atom stereocenters. The fourth-order valence-corrected chi connectivity index (χ4v) is 2.29. The minimum absolute atomic E-state index is 0.00384. The number of rotatable bonds is 5. The second-order valence-corrected chi connectivity index (χ2v) is 5.79. The Morgan fingerprint density at radius 2 is 1.40 bits per heavy atom. The van der Waals surface area contributed by atoms with Crippen molar-refractivity contribution in [1.29, 1.82) is 0 Å². The van der Waals surface area contributed by atoms with E-state index in [1.165, 1.54) is 12.1 Å². The van der Waals surface area contributed by atoms with E-state index in [0.717, 1.165) is 11.1 Å². The maximum atomic E-state index is 11.1. The zero-order valence-electron chi connectivity index (χ0n) is 10.6. The summed E-state index contributed by atoms with van der Waals surface area (Å²) in [6.45, 7) is 0.210. The molecule has 0 bridgehead atoms. The lowest BCUT2D eigenvalue weighted by molar-refractivity contribution is 0.201. The molecule has 2 rings (SSSR count). The zero-order valence-corrected chi connectivity index (χ0v) is 11.5. The van der Waals surface area contributed by atoms with Crippen LogP contribution in [0.3, 0.4) is 0 Å². The van der Waals surface area contributed by atoms with Gasteiger partial charge in [0.05, 0.1) is 11.9 Å². The molecule has 3 N–H and O–H groups in total. The highest BCUT2D eigenvalue weighted by Crippen LogP contribution is 2.33. The Hall–Kier alpha value is -1.65. The summed E-state index contributed by atoms with van der Waals surface area (Å²) in [7, 11) is -4.19. The molecule has 2 aromatic rings. The number of aliphatic hydroxyl groups excluding tert-OH is 1. The maximum absolute atomic E-state index is 11.1. The average molecular weight is 294 g/mol. The number of hydrogen-bond acceptors (Lipinski definition) is 3. The Bertz CT molecular complexity index is 600. The molecule has 5 nitrogen and oxygen atoms in total. The predicted octanol–water partition coefficient (Wildman–Crippen LogP) is 1.53. The Kier molecular flexibility index (Phi) is 4.57. The van der Waals surface area contributed by atoms with Crippen LogP contribution in [0.25, 0.3) is 11.1 Å². The van der Waals surface area contributed by atoms with Gasteiger partial charge in [-0.3, -0.25) is 4.57 Å². The van der Waals surface area contributed by atoms with Crippen LogP contribution in [0.1, 0.15) is 0 Å². The van der Waals surface area contributed by atoms with E-state index in [1.807, 2.05) is 12.1 Å². The number of benzene rings is 2. The van der Waals surface area contributed by atoms with E-state index in [2.05, 4.69) is 0 Å². The van der Waals surface area contributed by atoms with Gasteiger partial charge in [0, 0.05) is 0 Å². The summed E-state index contributed by atoms with van der Waals surface area (Å²) in [6.07, 6.45) is 0. The molecule has 0 amide bonds. The monoisotopic (exact) mass is 294 g/mol. The fourth-order valence-electron chi connectivity index (χ4n) is 1.76. The van der Waals surface area contributed by atoms with Gasteiger partial charge < -0.3 is 19.6 Å². The predicted molar refractivity (Wildman–Crippen MR) is 76.1 cm³/mol. The first kappa shape index (κ1) is 14.8. The minimum atomic E-state index is -4.19. The van der Waals surface area contributed by atoms with Crippen LogP contribution in [0.4, 0.5) is 0 Å². The van der Waals surface area contributed by atoms with E-state index in [9.17, 15) is 4.57 Å². The summed E-state index contributed by atoms with van der Waals surface area (Å²) in [6, 6.07) is 13.4. The van der Waals surface area contributed by atoms with E-state index < -0.39 is 7.60 Å². The number of aliphatic hydroxyl groups is 1. The molecule has 106 valence electrons. The van der Waals surface area contributed by atoms with Crippen molar-refractivity contribution in [1.82, 2.24) is 0 Å². The van der Waals surface area contributed by atoms with Gasteiger partial charge in [-0.15, -0.1) is 0 Å². The van der Waals surface area contributed by atoms with Crippen LogP contribution in [0.2, 0.25) is 0 Å². The van der Waals surface area contributed by atoms with Gasteiger partial charge in [0.1, 0.15) is 12.4 Å². The van der Waals surface area contributed by atoms with Gasteiger partial charge in [-0.2, -0.15) is 0 Å². The smallest absolute Gasteiger partial charge is 0.356 e. The SMILES string of the molecule is O=P(O)(O)c1ccc(-c2ccc(OCCO)cc2)cc1. The van der Waals surface area contributed by atoms with Crippen LogP contribution in [0, 0.1) is 0 Å². The van der Waals surface area contributed by atoms with E-state index in [-0.39, 0.29) is 18.5 Å². The van der Waals surface area contributed by atoms with Crippen molar-refractivity contribution in [3.8, 4) is 16.9 Å². The Labute approximate surface area is 116 Å². The highest BCUT2D eigenvalue weighted by atomic mass is 31.2. The second kappa shape index (κ2) is 6.20. The van der Waals surface area contributed by atoms with Crippen molar-refractivity contribution < 1.29 is 24.2 Å². The normalized spacial score (nSPS) is 11.3. The number of hydrogen-bond donors (Lipinski definition) is 3. The maximum Gasteiger partial charge on any atom is 0.356 e. The molecule has 0 aliphatic heterocycles. The third kappa shape index (κ3) is 3.68. The Balaban J connectivity index is 2.17. The van der Waals surface area contributed by atoms with Gasteiger partial charge >= 0.3 is 7.60 Å². The molecule has 0 saturated heterocycles. The summed E-state index contributed by atoms with van der Waals surface area (Å²) in [5.74, 6) is 0.662. The lowest BCUT2D eigenvalue weighted by atomic mass is 10.1. The van der Waals surface area contributed by atoms with Crippen LogP contribution in [0.15, 0.2) is 48.5 Å². The largest absolute Gasteiger partial charge is 0.491 e. The van der Waals surface area contributed by atoms with Crippen molar-refractivity contribution in [2.24, 2.45) is 0 Å². The molecular formula is C14H15O5P. The molecule has 0 fully saturated rings. The van der Waals surface area contributed by atoms with Crippen molar-refractivity contribution in [3.05, 3.63) is 48.5 Å². The summed E-state index contributed by atoms with van der Waals surface area (Å²) in [4.78, 5) is 18.1. The minimum Gasteiger partial charge on any atom is -0.491 e.